The molecule has 2 heterocycles. The first-order chi connectivity index (χ1) is 14.8. The third-order valence-electron chi connectivity index (χ3n) is 6.06. The molecule has 2 aliphatic rings. The fraction of sp³-hybridized carbons (Fsp3) is 0.609. The second-order valence-electron chi connectivity index (χ2n) is 8.38. The Hall–Kier alpha value is -2.63. The number of amides is 2. The number of nitriles is 1. The summed E-state index contributed by atoms with van der Waals surface area (Å²) in [5, 5.41) is 9.51. The number of hydrogen-bond acceptors (Lipinski definition) is 6. The quantitative estimate of drug-likeness (QED) is 0.679. The fourth-order valence-corrected chi connectivity index (χ4v) is 4.34. The van der Waals surface area contributed by atoms with Crippen molar-refractivity contribution in [3.63, 3.8) is 0 Å². The van der Waals surface area contributed by atoms with E-state index in [1.807, 2.05) is 6.92 Å². The average Bonchev–Trinajstić information content (AvgIpc) is 2.77. The maximum atomic E-state index is 13.1. The number of carbonyl (C=O) groups excluding carboxylic acids is 2. The number of methoxy groups -OCH3 is 1. The highest BCUT2D eigenvalue weighted by molar-refractivity contribution is 5.97. The van der Waals surface area contributed by atoms with Gasteiger partial charge < -0.3 is 24.0 Å². The van der Waals surface area contributed by atoms with E-state index in [4.69, 9.17) is 14.2 Å². The van der Waals surface area contributed by atoms with E-state index in [2.05, 4.69) is 6.07 Å². The van der Waals surface area contributed by atoms with Gasteiger partial charge in [0.1, 0.15) is 17.9 Å². The topological polar surface area (TPSA) is 92.1 Å². The number of hydrogen-bond donors (Lipinski definition) is 0. The van der Waals surface area contributed by atoms with Gasteiger partial charge in [0.05, 0.1) is 35.9 Å². The van der Waals surface area contributed by atoms with Crippen LogP contribution in [-0.4, -0.2) is 80.8 Å². The lowest BCUT2D eigenvalue weighted by Gasteiger charge is -2.38. The van der Waals surface area contributed by atoms with Crippen molar-refractivity contribution in [1.82, 2.24) is 9.80 Å². The van der Waals surface area contributed by atoms with Gasteiger partial charge in [-0.2, -0.15) is 5.26 Å². The van der Waals surface area contributed by atoms with Crippen LogP contribution in [0.15, 0.2) is 18.2 Å². The van der Waals surface area contributed by atoms with E-state index in [1.54, 1.807) is 44.3 Å². The lowest BCUT2D eigenvalue weighted by Crippen LogP contribution is -2.49. The van der Waals surface area contributed by atoms with Gasteiger partial charge in [-0.1, -0.05) is 13.0 Å². The number of fused-ring (bicyclic) bond motifs is 3. The molecule has 0 N–H and O–H groups in total. The van der Waals surface area contributed by atoms with Crippen molar-refractivity contribution < 1.29 is 23.8 Å². The molecule has 0 saturated carbocycles. The molecule has 8 nitrogen and oxygen atoms in total. The second kappa shape index (κ2) is 10.1. The Morgan fingerprint density at radius 1 is 1.13 bits per heavy atom. The second-order valence-corrected chi connectivity index (χ2v) is 8.38. The van der Waals surface area contributed by atoms with Crippen LogP contribution in [0, 0.1) is 17.2 Å². The normalized spacial score (nSPS) is 28.1. The fourth-order valence-electron chi connectivity index (χ4n) is 4.34. The first kappa shape index (κ1) is 23.0. The molecule has 1 aromatic carbocycles. The van der Waals surface area contributed by atoms with Gasteiger partial charge in [0.15, 0.2) is 0 Å². The highest BCUT2D eigenvalue weighted by atomic mass is 16.5. The van der Waals surface area contributed by atoms with Crippen molar-refractivity contribution in [1.29, 1.82) is 5.26 Å². The van der Waals surface area contributed by atoms with Crippen molar-refractivity contribution in [3.05, 3.63) is 29.3 Å². The van der Waals surface area contributed by atoms with Gasteiger partial charge in [-0.25, -0.2) is 0 Å². The molecule has 0 spiro atoms. The molecule has 0 aromatic heterocycles. The van der Waals surface area contributed by atoms with Crippen LogP contribution in [-0.2, 0) is 14.3 Å². The van der Waals surface area contributed by atoms with E-state index in [0.717, 1.165) is 12.8 Å². The van der Waals surface area contributed by atoms with Crippen molar-refractivity contribution in [2.75, 3.05) is 40.9 Å². The predicted octanol–water partition coefficient (Wildman–Crippen LogP) is 2.07. The Morgan fingerprint density at radius 2 is 1.90 bits per heavy atom. The third kappa shape index (κ3) is 5.17. The maximum Gasteiger partial charge on any atom is 0.257 e. The highest BCUT2D eigenvalue weighted by Crippen LogP contribution is 2.28. The Bertz CT molecular complexity index is 852. The molecule has 1 aromatic rings. The molecular formula is C23H31N3O5. The van der Waals surface area contributed by atoms with Crippen LogP contribution in [0.2, 0.25) is 0 Å². The zero-order valence-electron chi connectivity index (χ0n) is 18.7. The van der Waals surface area contributed by atoms with Crippen molar-refractivity contribution >= 4 is 11.8 Å². The van der Waals surface area contributed by atoms with Crippen LogP contribution in [0.3, 0.4) is 0 Å². The van der Waals surface area contributed by atoms with E-state index in [-0.39, 0.29) is 42.4 Å². The Balaban J connectivity index is 1.92. The molecule has 2 aliphatic heterocycles. The molecule has 1 fully saturated rings. The van der Waals surface area contributed by atoms with Gasteiger partial charge >= 0.3 is 0 Å². The van der Waals surface area contributed by atoms with Crippen LogP contribution >= 0.6 is 0 Å². The summed E-state index contributed by atoms with van der Waals surface area (Å²) >= 11 is 0. The largest absolute Gasteiger partial charge is 0.491 e. The van der Waals surface area contributed by atoms with Crippen LogP contribution in [0.1, 0.15) is 42.1 Å². The molecule has 2 amide bonds. The summed E-state index contributed by atoms with van der Waals surface area (Å²) < 4.78 is 17.8. The molecule has 31 heavy (non-hydrogen) atoms. The Labute approximate surface area is 183 Å². The minimum absolute atomic E-state index is 0.0430. The van der Waals surface area contributed by atoms with Gasteiger partial charge in [0, 0.05) is 40.7 Å². The Morgan fingerprint density at radius 3 is 2.61 bits per heavy atom. The molecule has 4 atom stereocenters. The van der Waals surface area contributed by atoms with Crippen molar-refractivity contribution in [2.45, 2.75) is 44.5 Å². The predicted molar refractivity (Wildman–Crippen MR) is 114 cm³/mol. The smallest absolute Gasteiger partial charge is 0.257 e. The van der Waals surface area contributed by atoms with Crippen molar-refractivity contribution in [3.8, 4) is 11.8 Å². The number of rotatable bonds is 1. The monoisotopic (exact) mass is 429 g/mol. The minimum atomic E-state index is -0.395. The van der Waals surface area contributed by atoms with Gasteiger partial charge in [-0.05, 0) is 25.0 Å². The first-order valence-electron chi connectivity index (χ1n) is 10.7. The molecule has 0 aliphatic carbocycles. The molecule has 3 rings (SSSR count). The molecule has 0 radical (unpaired) electrons. The summed E-state index contributed by atoms with van der Waals surface area (Å²) in [5.74, 6) is -0.445. The number of ether oxygens (including phenoxy) is 3. The summed E-state index contributed by atoms with van der Waals surface area (Å²) in [4.78, 5) is 29.2. The molecule has 168 valence electrons. The van der Waals surface area contributed by atoms with E-state index in [1.165, 1.54) is 4.90 Å². The van der Waals surface area contributed by atoms with Gasteiger partial charge in [0.2, 0.25) is 5.91 Å². The highest BCUT2D eigenvalue weighted by Gasteiger charge is 2.34. The molecule has 0 unspecified atom stereocenters. The standard InChI is InChI=1S/C23H31N3O5/c1-15-13-25(2)23(28)18-7-5-6-16(12-24)21(18)30-11-10-17-8-9-19(29-4)20(31-17)14-26(3)22(15)27/h5-7,15,17,19-20H,8-11,13-14H2,1-4H3/t15-,17-,19+,20+/m1/s1. The van der Waals surface area contributed by atoms with E-state index in [9.17, 15) is 14.9 Å². The Kier molecular flexibility index (Phi) is 7.52. The van der Waals surface area contributed by atoms with Crippen LogP contribution < -0.4 is 4.74 Å². The van der Waals surface area contributed by atoms with Gasteiger partial charge in [-0.3, -0.25) is 9.59 Å². The van der Waals surface area contributed by atoms with Crippen LogP contribution in [0.5, 0.6) is 5.75 Å². The van der Waals surface area contributed by atoms with Gasteiger partial charge in [0.25, 0.3) is 5.91 Å². The van der Waals surface area contributed by atoms with Crippen LogP contribution in [0.25, 0.3) is 0 Å². The molecule has 2 bridgehead atoms. The van der Waals surface area contributed by atoms with E-state index in [0.29, 0.717) is 30.7 Å². The number of likely N-dealkylation sites (N-methyl/N-ethyl adjacent to an activating group) is 1. The number of carbonyl (C=O) groups is 2. The number of nitrogens with zero attached hydrogens (tertiary/aromatic N) is 3. The molecule has 8 heteroatoms. The summed E-state index contributed by atoms with van der Waals surface area (Å²) in [7, 11) is 5.08. The minimum Gasteiger partial charge on any atom is -0.491 e. The van der Waals surface area contributed by atoms with Crippen molar-refractivity contribution in [2.24, 2.45) is 5.92 Å². The maximum absolute atomic E-state index is 13.1. The molecule has 1 saturated heterocycles. The lowest BCUT2D eigenvalue weighted by molar-refractivity contribution is -0.152. The summed E-state index contributed by atoms with van der Waals surface area (Å²) in [5.41, 5.74) is 0.639. The zero-order chi connectivity index (χ0) is 22.5. The van der Waals surface area contributed by atoms with Gasteiger partial charge in [-0.15, -0.1) is 0 Å². The third-order valence-corrected chi connectivity index (χ3v) is 6.06. The summed E-state index contributed by atoms with van der Waals surface area (Å²) in [6.45, 7) is 2.81. The summed E-state index contributed by atoms with van der Waals surface area (Å²) in [6, 6.07) is 7.07. The lowest BCUT2D eigenvalue weighted by atomic mass is 9.98. The zero-order valence-corrected chi connectivity index (χ0v) is 18.7. The first-order valence-corrected chi connectivity index (χ1v) is 10.7. The SMILES string of the molecule is CO[C@H]1CC[C@@H]2CCOc3c(C#N)cccc3C(=O)N(C)C[C@@H](C)C(=O)N(C)C[C@@H]1O2. The van der Waals surface area contributed by atoms with E-state index >= 15 is 0 Å². The summed E-state index contributed by atoms with van der Waals surface area (Å²) in [6.07, 6.45) is 1.93. The number of benzene rings is 1. The number of para-hydroxylation sites is 1. The molecular weight excluding hydrogens is 398 g/mol. The average molecular weight is 430 g/mol. The van der Waals surface area contributed by atoms with Crippen LogP contribution in [0.4, 0.5) is 0 Å². The van der Waals surface area contributed by atoms with E-state index < -0.39 is 5.92 Å².